The number of carbonyl (C=O) groups excluding carboxylic acids is 1. The fourth-order valence-electron chi connectivity index (χ4n) is 1.51. The second-order valence-electron chi connectivity index (χ2n) is 3.15. The molecule has 0 saturated carbocycles. The fourth-order valence-corrected chi connectivity index (χ4v) is 1.51. The lowest BCUT2D eigenvalue weighted by atomic mass is 9.98. The zero-order valence-corrected chi connectivity index (χ0v) is 7.31. The van der Waals surface area contributed by atoms with Crippen molar-refractivity contribution in [3.05, 3.63) is 35.9 Å². The molecule has 0 bridgehead atoms. The fraction of sp³-hybridized carbons (Fsp3) is 0.273. The van der Waals surface area contributed by atoms with E-state index in [0.717, 1.165) is 12.0 Å². The van der Waals surface area contributed by atoms with Crippen molar-refractivity contribution in [1.82, 2.24) is 0 Å². The minimum absolute atomic E-state index is 0.230. The topological polar surface area (TPSA) is 29.4 Å². The summed E-state index contributed by atoms with van der Waals surface area (Å²) in [7, 11) is 0. The molecular weight excluding hydrogens is 162 g/mol. The number of Topliss-reactive ketones (excluding diaryl/α,β-unsaturated/α-hetero) is 1. The molecule has 0 fully saturated rings. The average Bonchev–Trinajstić information content (AvgIpc) is 2.20. The van der Waals surface area contributed by atoms with E-state index in [0.29, 0.717) is 6.42 Å². The van der Waals surface area contributed by atoms with Crippen LogP contribution in [0.15, 0.2) is 35.3 Å². The highest BCUT2D eigenvalue weighted by Crippen LogP contribution is 2.22. The van der Waals surface area contributed by atoms with Gasteiger partial charge in [-0.3, -0.25) is 9.79 Å². The van der Waals surface area contributed by atoms with Crippen LogP contribution in [0.25, 0.3) is 0 Å². The molecule has 0 spiro atoms. The molecule has 1 heterocycles. The van der Waals surface area contributed by atoms with Crippen LogP contribution in [0.5, 0.6) is 0 Å². The third-order valence-corrected chi connectivity index (χ3v) is 2.19. The van der Waals surface area contributed by atoms with Crippen molar-refractivity contribution < 1.29 is 4.79 Å². The van der Waals surface area contributed by atoms with Crippen molar-refractivity contribution in [2.75, 3.05) is 0 Å². The van der Waals surface area contributed by atoms with Gasteiger partial charge in [0.1, 0.15) is 6.04 Å². The molecule has 66 valence electrons. The van der Waals surface area contributed by atoms with Crippen molar-refractivity contribution in [2.24, 2.45) is 4.99 Å². The molecule has 2 nitrogen and oxygen atoms in total. The number of rotatable bonds is 1. The maximum Gasteiger partial charge on any atom is 0.162 e. The first-order valence-electron chi connectivity index (χ1n) is 4.47. The van der Waals surface area contributed by atoms with Gasteiger partial charge in [-0.25, -0.2) is 0 Å². The summed E-state index contributed by atoms with van der Waals surface area (Å²) in [5.41, 5.74) is 1.00. The Morgan fingerprint density at radius 3 is 2.69 bits per heavy atom. The van der Waals surface area contributed by atoms with Gasteiger partial charge in [-0.15, -0.1) is 0 Å². The van der Waals surface area contributed by atoms with E-state index in [9.17, 15) is 4.79 Å². The summed E-state index contributed by atoms with van der Waals surface area (Å²) in [5, 5.41) is 0. The molecule has 1 aromatic carbocycles. The number of ketones is 1. The lowest BCUT2D eigenvalue weighted by molar-refractivity contribution is -0.120. The number of aliphatic imine (C=N–C) groups is 1. The van der Waals surface area contributed by atoms with Gasteiger partial charge in [-0.05, 0) is 12.0 Å². The Hall–Kier alpha value is -1.44. The minimum atomic E-state index is -0.241. The largest absolute Gasteiger partial charge is 0.297 e. The van der Waals surface area contributed by atoms with E-state index < -0.39 is 0 Å². The van der Waals surface area contributed by atoms with Crippen molar-refractivity contribution in [3.63, 3.8) is 0 Å². The van der Waals surface area contributed by atoms with Crippen molar-refractivity contribution >= 4 is 12.0 Å². The van der Waals surface area contributed by atoms with Gasteiger partial charge in [0, 0.05) is 12.6 Å². The SMILES string of the molecule is O=C1CCC=NC1c1ccccc1. The summed E-state index contributed by atoms with van der Waals surface area (Å²) in [5.74, 6) is 0.230. The van der Waals surface area contributed by atoms with Crippen LogP contribution in [0, 0.1) is 0 Å². The predicted molar refractivity (Wildman–Crippen MR) is 51.9 cm³/mol. The standard InChI is InChI=1S/C11H11NO/c13-10-7-4-8-12-11(10)9-5-2-1-3-6-9/h1-3,5-6,8,11H,4,7H2. The first-order valence-corrected chi connectivity index (χ1v) is 4.47. The van der Waals surface area contributed by atoms with Gasteiger partial charge in [-0.1, -0.05) is 30.3 Å². The van der Waals surface area contributed by atoms with Gasteiger partial charge in [0.25, 0.3) is 0 Å². The van der Waals surface area contributed by atoms with E-state index in [-0.39, 0.29) is 11.8 Å². The second kappa shape index (κ2) is 3.52. The van der Waals surface area contributed by atoms with Gasteiger partial charge in [-0.2, -0.15) is 0 Å². The summed E-state index contributed by atoms with van der Waals surface area (Å²) >= 11 is 0. The Labute approximate surface area is 77.3 Å². The summed E-state index contributed by atoms with van der Waals surface area (Å²) in [6, 6.07) is 9.48. The summed E-state index contributed by atoms with van der Waals surface area (Å²) in [4.78, 5) is 15.7. The van der Waals surface area contributed by atoms with Crippen LogP contribution in [-0.2, 0) is 4.79 Å². The van der Waals surface area contributed by atoms with Crippen LogP contribution in [0.2, 0.25) is 0 Å². The van der Waals surface area contributed by atoms with E-state index in [1.165, 1.54) is 0 Å². The molecule has 2 rings (SSSR count). The van der Waals surface area contributed by atoms with E-state index in [1.54, 1.807) is 0 Å². The molecular formula is C11H11NO. The lowest BCUT2D eigenvalue weighted by Crippen LogP contribution is -2.14. The first kappa shape index (κ1) is 8.17. The normalized spacial score (nSPS) is 21.8. The third kappa shape index (κ3) is 1.66. The van der Waals surface area contributed by atoms with E-state index >= 15 is 0 Å². The summed E-state index contributed by atoms with van der Waals surface area (Å²) in [6.45, 7) is 0. The smallest absolute Gasteiger partial charge is 0.162 e. The quantitative estimate of drug-likeness (QED) is 0.639. The maximum atomic E-state index is 11.5. The zero-order valence-electron chi connectivity index (χ0n) is 7.31. The van der Waals surface area contributed by atoms with Crippen molar-refractivity contribution in [2.45, 2.75) is 18.9 Å². The van der Waals surface area contributed by atoms with E-state index in [4.69, 9.17) is 0 Å². The molecule has 0 amide bonds. The molecule has 0 radical (unpaired) electrons. The number of hydrogen-bond donors (Lipinski definition) is 0. The van der Waals surface area contributed by atoms with Crippen LogP contribution in [0.1, 0.15) is 24.4 Å². The van der Waals surface area contributed by atoms with Crippen LogP contribution in [0.4, 0.5) is 0 Å². The minimum Gasteiger partial charge on any atom is -0.297 e. The molecule has 0 aliphatic carbocycles. The van der Waals surface area contributed by atoms with E-state index in [2.05, 4.69) is 4.99 Å². The Bertz CT molecular complexity index is 329. The van der Waals surface area contributed by atoms with Crippen LogP contribution < -0.4 is 0 Å². The Morgan fingerprint density at radius 2 is 2.00 bits per heavy atom. The summed E-state index contributed by atoms with van der Waals surface area (Å²) in [6.07, 6.45) is 3.27. The zero-order chi connectivity index (χ0) is 9.10. The molecule has 1 aromatic rings. The lowest BCUT2D eigenvalue weighted by Gasteiger charge is -2.14. The maximum absolute atomic E-state index is 11.5. The Morgan fingerprint density at radius 1 is 1.23 bits per heavy atom. The summed E-state index contributed by atoms with van der Waals surface area (Å²) < 4.78 is 0. The molecule has 1 unspecified atom stereocenters. The first-order chi connectivity index (χ1) is 6.38. The molecule has 1 atom stereocenters. The molecule has 13 heavy (non-hydrogen) atoms. The van der Waals surface area contributed by atoms with Gasteiger partial charge in [0.15, 0.2) is 5.78 Å². The molecule has 0 N–H and O–H groups in total. The number of nitrogens with zero attached hydrogens (tertiary/aromatic N) is 1. The monoisotopic (exact) mass is 173 g/mol. The number of hydrogen-bond acceptors (Lipinski definition) is 2. The third-order valence-electron chi connectivity index (χ3n) is 2.19. The molecule has 1 aliphatic heterocycles. The molecule has 0 saturated heterocycles. The van der Waals surface area contributed by atoms with Crippen molar-refractivity contribution in [1.29, 1.82) is 0 Å². The van der Waals surface area contributed by atoms with E-state index in [1.807, 2.05) is 36.5 Å². The average molecular weight is 173 g/mol. The van der Waals surface area contributed by atoms with Gasteiger partial charge in [0.2, 0.25) is 0 Å². The Balaban J connectivity index is 2.30. The Kier molecular flexibility index (Phi) is 2.21. The highest BCUT2D eigenvalue weighted by Gasteiger charge is 2.20. The molecule has 2 heteroatoms. The van der Waals surface area contributed by atoms with Gasteiger partial charge in [0.05, 0.1) is 0 Å². The molecule has 0 aromatic heterocycles. The number of benzene rings is 1. The van der Waals surface area contributed by atoms with Crippen LogP contribution in [-0.4, -0.2) is 12.0 Å². The molecule has 1 aliphatic rings. The number of carbonyl (C=O) groups is 1. The van der Waals surface area contributed by atoms with Gasteiger partial charge >= 0.3 is 0 Å². The van der Waals surface area contributed by atoms with Gasteiger partial charge < -0.3 is 0 Å². The second-order valence-corrected chi connectivity index (χ2v) is 3.15. The van der Waals surface area contributed by atoms with Crippen LogP contribution in [0.3, 0.4) is 0 Å². The highest BCUT2D eigenvalue weighted by atomic mass is 16.1. The van der Waals surface area contributed by atoms with Crippen molar-refractivity contribution in [3.8, 4) is 0 Å². The highest BCUT2D eigenvalue weighted by molar-refractivity contribution is 5.90. The predicted octanol–water partition coefficient (Wildman–Crippen LogP) is 2.16. The van der Waals surface area contributed by atoms with Crippen LogP contribution >= 0.6 is 0 Å².